The molecular formula is C78H68N4OPtSi-2. The fourth-order valence-electron chi connectivity index (χ4n) is 10.8. The van der Waals surface area contributed by atoms with Crippen molar-refractivity contribution in [2.75, 3.05) is 0 Å². The third kappa shape index (κ3) is 10.4. The van der Waals surface area contributed by atoms with Gasteiger partial charge in [-0.3, -0.25) is 4.57 Å². The SMILES string of the molecule is [2H]c1c([2H])c([2H])c(-c2cc3c4ccccc4n(-c4cc(C(C)(C)C)ccn4)c3[c-]c2Oc2[c-]c(-n3[c-][n+](-c4c(-c5c([2H])c([2H])c([2H])c([Si](c6c([2H])c([2H])c([2H])c([2H])c6[2H])(c6c([2H])c([2H])c([2H])c([2H])c6[2H])c6c([2H])c([2H])c([2H])c([2H])c6[2H])c5[2H])cc(C(C)(C)C)cc4C(C)(C)C)c4ccccc43)ccc2)c([2H])c1[2H].[Pt]. The number of nitrogens with zero attached hydrogens (tertiary/aromatic N) is 4. The van der Waals surface area contributed by atoms with Crippen molar-refractivity contribution >= 4 is 61.7 Å². The van der Waals surface area contributed by atoms with Gasteiger partial charge < -0.3 is 13.9 Å². The van der Waals surface area contributed by atoms with Crippen LogP contribution in [0.2, 0.25) is 0 Å². The summed E-state index contributed by atoms with van der Waals surface area (Å²) in [5.41, 5.74) is 2.02. The molecule has 0 amide bonds. The van der Waals surface area contributed by atoms with Crippen molar-refractivity contribution in [3.8, 4) is 50.9 Å². The van der Waals surface area contributed by atoms with Gasteiger partial charge in [0.2, 0.25) is 0 Å². The van der Waals surface area contributed by atoms with Crippen LogP contribution in [-0.4, -0.2) is 22.2 Å². The van der Waals surface area contributed by atoms with Crippen molar-refractivity contribution in [2.45, 2.75) is 78.6 Å². The molecule has 0 atom stereocenters. The number of ether oxygens (including phenoxy) is 1. The van der Waals surface area contributed by atoms with Gasteiger partial charge in [0.15, 0.2) is 8.07 Å². The van der Waals surface area contributed by atoms with Crippen LogP contribution in [0.4, 0.5) is 0 Å². The van der Waals surface area contributed by atoms with E-state index in [4.69, 9.17) is 17.9 Å². The summed E-state index contributed by atoms with van der Waals surface area (Å²) in [6.07, 6.45) is 5.25. The van der Waals surface area contributed by atoms with Crippen LogP contribution >= 0.6 is 0 Å². The predicted octanol–water partition coefficient (Wildman–Crippen LogP) is 16.2. The normalized spacial score (nSPS) is 16.2. The minimum absolute atomic E-state index is 0. The summed E-state index contributed by atoms with van der Waals surface area (Å²) in [6.45, 7) is 17.7. The summed E-state index contributed by atoms with van der Waals surface area (Å²) in [4.78, 5) is 4.84. The Labute approximate surface area is 549 Å². The maximum atomic E-state index is 11.0. The first-order valence-corrected chi connectivity index (χ1v) is 29.2. The Morgan fingerprint density at radius 2 is 1.11 bits per heavy atom. The molecule has 3 aromatic heterocycles. The molecule has 0 spiro atoms. The summed E-state index contributed by atoms with van der Waals surface area (Å²) < 4.78 is 239. The maximum Gasteiger partial charge on any atom is 0.268 e. The predicted molar refractivity (Wildman–Crippen MR) is 351 cm³/mol. The molecule has 0 N–H and O–H groups in total. The zero-order chi connectivity index (χ0) is 78.8. The van der Waals surface area contributed by atoms with Crippen LogP contribution < -0.4 is 30.1 Å². The van der Waals surface area contributed by atoms with E-state index in [2.05, 4.69) is 39.2 Å². The van der Waals surface area contributed by atoms with Crippen LogP contribution in [0.25, 0.3) is 72.3 Å². The van der Waals surface area contributed by atoms with Crippen molar-refractivity contribution < 1.29 is 63.3 Å². The van der Waals surface area contributed by atoms with E-state index >= 15 is 0 Å². The number of para-hydroxylation sites is 3. The zero-order valence-corrected chi connectivity index (χ0v) is 51.1. The smallest absolute Gasteiger partial charge is 0.268 e. The van der Waals surface area contributed by atoms with Crippen LogP contribution in [0.3, 0.4) is 0 Å². The van der Waals surface area contributed by atoms with E-state index in [1.807, 2.05) is 88.6 Å². The topological polar surface area (TPSA) is 35.9 Å². The third-order valence-corrected chi connectivity index (χ3v) is 19.0. The molecule has 13 aromatic rings. The number of imidazole rings is 1. The molecule has 10 aromatic carbocycles. The van der Waals surface area contributed by atoms with Crippen molar-refractivity contribution in [1.82, 2.24) is 14.1 Å². The van der Waals surface area contributed by atoms with Gasteiger partial charge in [-0.15, -0.1) is 23.6 Å². The standard InChI is InChI=1S/C78H68N4OSi.Pt/c1-76(2,3)56-44-45-79-74(49-56)82-69-41-23-22-40-64(69)67-51-65(54-28-14-10-15-29-54)73(52-72(67)82)83-59-32-27-31-58(50-59)80-53-81(71-43-25-24-42-70(71)80)75-66(47-57(77(4,5)6)48-68(75)78(7,8)9)55-30-26-39-63(46-55)84(60-33-16-11-17-34-60,61-35-18-12-19-36-61)62-37-20-13-21-38-62;/h10-49,51H,1-9H3;/q-2;/i10D,11D,12D,13D,14D,15D,16D,17D,18D,19D,20D,21D,26D,28D,29D,30D,33D,34D,35D,36D,37D,38D,39D,46D;. The minimum atomic E-state index is -6.29. The Morgan fingerprint density at radius 3 is 1.74 bits per heavy atom. The molecular weight excluding hydrogens is 1230 g/mol. The van der Waals surface area contributed by atoms with Crippen molar-refractivity contribution in [2.24, 2.45) is 0 Å². The molecule has 5 nitrogen and oxygen atoms in total. The van der Waals surface area contributed by atoms with Gasteiger partial charge >= 0.3 is 0 Å². The van der Waals surface area contributed by atoms with Crippen LogP contribution in [0, 0.1) is 18.5 Å². The first kappa shape index (κ1) is 34.9. The quantitative estimate of drug-likeness (QED) is 0.0560. The zero-order valence-electron chi connectivity index (χ0n) is 71.8. The Hall–Kier alpha value is -8.67. The summed E-state index contributed by atoms with van der Waals surface area (Å²) >= 11 is 0. The molecule has 422 valence electrons. The van der Waals surface area contributed by atoms with Gasteiger partial charge in [0.05, 0.1) is 49.6 Å². The Balaban J connectivity index is 0.0000111. The summed E-state index contributed by atoms with van der Waals surface area (Å²) in [5, 5.41) is -2.51. The van der Waals surface area contributed by atoms with Crippen LogP contribution in [-0.2, 0) is 37.3 Å². The number of benzene rings is 10. The Kier molecular flexibility index (Phi) is 9.20. The van der Waals surface area contributed by atoms with Gasteiger partial charge in [-0.1, -0.05) is 279 Å². The van der Waals surface area contributed by atoms with Crippen LogP contribution in [0.15, 0.2) is 248 Å². The van der Waals surface area contributed by atoms with E-state index in [0.29, 0.717) is 38.9 Å². The second-order valence-corrected chi connectivity index (χ2v) is 27.0. The number of hydrogen-bond donors (Lipinski definition) is 0. The third-order valence-electron chi connectivity index (χ3n) is 15.0. The van der Waals surface area contributed by atoms with E-state index in [9.17, 15) is 24.7 Å². The molecule has 0 aliphatic carbocycles. The average molecular weight is 1320 g/mol. The second kappa shape index (κ2) is 22.4. The second-order valence-electron chi connectivity index (χ2n) is 23.5. The van der Waals surface area contributed by atoms with Gasteiger partial charge in [-0.05, 0) is 94.1 Å². The number of pyridine rings is 1. The van der Waals surface area contributed by atoms with E-state index in [1.54, 1.807) is 69.9 Å². The number of fused-ring (bicyclic) bond motifs is 4. The number of rotatable bonds is 11. The monoisotopic (exact) mass is 1320 g/mol. The fraction of sp³-hybridized carbons (Fsp3) is 0.154. The Morgan fingerprint density at radius 1 is 0.518 bits per heavy atom. The molecule has 7 heteroatoms. The van der Waals surface area contributed by atoms with Gasteiger partial charge in [0.1, 0.15) is 5.82 Å². The summed E-state index contributed by atoms with van der Waals surface area (Å²) in [5.74, 6) is 0.538. The largest absolute Gasteiger partial charge is 0.509 e. The first-order chi connectivity index (χ1) is 50.5. The molecule has 0 fully saturated rings. The number of hydrogen-bond acceptors (Lipinski definition) is 2. The minimum Gasteiger partial charge on any atom is -0.509 e. The van der Waals surface area contributed by atoms with Crippen molar-refractivity contribution in [1.29, 1.82) is 0 Å². The molecule has 0 saturated carbocycles. The van der Waals surface area contributed by atoms with E-state index in [-0.39, 0.29) is 66.0 Å². The molecule has 0 unspecified atom stereocenters. The summed E-state index contributed by atoms with van der Waals surface area (Å²) in [7, 11) is -6.29. The van der Waals surface area contributed by atoms with E-state index < -0.39 is 190 Å². The van der Waals surface area contributed by atoms with Crippen LogP contribution in [0.5, 0.6) is 11.5 Å². The first-order valence-electron chi connectivity index (χ1n) is 39.2. The molecule has 0 aliphatic rings. The van der Waals surface area contributed by atoms with Gasteiger partial charge in [0.25, 0.3) is 6.33 Å². The molecule has 3 heterocycles. The maximum absolute atomic E-state index is 11.0. The Bertz CT molecular complexity index is 5790. The molecule has 0 radical (unpaired) electrons. The molecule has 0 bridgehead atoms. The van der Waals surface area contributed by atoms with Crippen molar-refractivity contribution in [3.63, 3.8) is 0 Å². The number of aromatic nitrogens is 4. The van der Waals surface area contributed by atoms with Gasteiger partial charge in [-0.25, -0.2) is 4.98 Å². The summed E-state index contributed by atoms with van der Waals surface area (Å²) in [6, 6.07) is 12.8. The molecule has 0 aliphatic heterocycles. The fourth-order valence-corrected chi connectivity index (χ4v) is 14.3. The molecule has 85 heavy (non-hydrogen) atoms. The van der Waals surface area contributed by atoms with E-state index in [0.717, 1.165) is 16.5 Å². The molecule has 0 saturated heterocycles. The molecule has 13 rings (SSSR count). The van der Waals surface area contributed by atoms with E-state index in [1.165, 1.54) is 0 Å². The van der Waals surface area contributed by atoms with Crippen molar-refractivity contribution in [3.05, 3.63) is 283 Å². The van der Waals surface area contributed by atoms with Gasteiger partial charge in [0, 0.05) is 44.3 Å². The average Bonchev–Trinajstić information content (AvgIpc) is 1.67. The van der Waals surface area contributed by atoms with Gasteiger partial charge in [-0.2, -0.15) is 18.2 Å². The van der Waals surface area contributed by atoms with Crippen LogP contribution in [0.1, 0.15) is 112 Å².